The topological polar surface area (TPSA) is 57.6 Å². The zero-order valence-electron chi connectivity index (χ0n) is 12.7. The molecule has 0 spiro atoms. The number of carbonyl (C=O) groups is 2. The number of nitrogens with zero attached hydrogens (tertiary/aromatic N) is 1. The van der Waals surface area contributed by atoms with Gasteiger partial charge in [-0.3, -0.25) is 14.5 Å². The van der Waals surface area contributed by atoms with E-state index >= 15 is 0 Å². The lowest BCUT2D eigenvalue weighted by Gasteiger charge is -2.42. The van der Waals surface area contributed by atoms with Crippen molar-refractivity contribution in [2.45, 2.75) is 22.1 Å². The summed E-state index contributed by atoms with van der Waals surface area (Å²) in [5, 5.41) is 10.2. The molecule has 3 rings (SSSR count). The molecule has 7 heteroatoms. The number of fused-ring (bicyclic) bond motifs is 1. The predicted molar refractivity (Wildman–Crippen MR) is 88.6 cm³/mol. The Bertz CT molecular complexity index is 809. The molecule has 0 radical (unpaired) electrons. The summed E-state index contributed by atoms with van der Waals surface area (Å²) >= 11 is 13.2. The molecule has 0 bridgehead atoms. The maximum atomic E-state index is 13.8. The first-order valence-corrected chi connectivity index (χ1v) is 7.96. The molecule has 0 aromatic heterocycles. The van der Waals surface area contributed by atoms with Crippen molar-refractivity contribution in [3.8, 4) is 5.75 Å². The van der Waals surface area contributed by atoms with Gasteiger partial charge >= 0.3 is 0 Å². The lowest BCUT2D eigenvalue weighted by atomic mass is 9.68. The molecular weight excluding hydrogens is 356 g/mol. The van der Waals surface area contributed by atoms with Crippen molar-refractivity contribution in [3.63, 3.8) is 0 Å². The highest BCUT2D eigenvalue weighted by Crippen LogP contribution is 2.59. The second-order valence-electron chi connectivity index (χ2n) is 5.91. The number of aromatic hydroxyl groups is 1. The van der Waals surface area contributed by atoms with Crippen LogP contribution in [-0.2, 0) is 9.59 Å². The summed E-state index contributed by atoms with van der Waals surface area (Å²) in [4.78, 5) is 22.5. The van der Waals surface area contributed by atoms with Gasteiger partial charge in [0.2, 0.25) is 0 Å². The van der Waals surface area contributed by atoms with Gasteiger partial charge in [0.25, 0.3) is 11.8 Å². The summed E-state index contributed by atoms with van der Waals surface area (Å²) in [6.07, 6.45) is 3.13. The fraction of sp³-hybridized carbons (Fsp3) is 0.294. The average molecular weight is 370 g/mol. The van der Waals surface area contributed by atoms with Crippen LogP contribution in [0.1, 0.15) is 17.9 Å². The van der Waals surface area contributed by atoms with Crippen LogP contribution in [0, 0.1) is 5.82 Å². The summed E-state index contributed by atoms with van der Waals surface area (Å²) in [7, 11) is 1.30. The van der Waals surface area contributed by atoms with Crippen molar-refractivity contribution in [3.05, 3.63) is 53.9 Å². The van der Waals surface area contributed by atoms with E-state index in [4.69, 9.17) is 23.2 Å². The predicted octanol–water partition coefficient (Wildman–Crippen LogP) is 3.08. The summed E-state index contributed by atoms with van der Waals surface area (Å²) in [6.45, 7) is 3.69. The van der Waals surface area contributed by atoms with Crippen molar-refractivity contribution in [1.82, 2.24) is 4.90 Å². The van der Waals surface area contributed by atoms with Crippen molar-refractivity contribution in [2.24, 2.45) is 0 Å². The molecule has 1 aromatic carbocycles. The standard InChI is InChI=1S/C17H14Cl2FNO3/c1-3-9-7-8-16(18)14(23)21(2)15(24)17(16,19)12(9)10-5-4-6-11(20)13(10)22/h3-7,12,22H,1,8H2,2H3/t12-,16-,17+/m1/s1. The van der Waals surface area contributed by atoms with Gasteiger partial charge in [0.15, 0.2) is 21.3 Å². The van der Waals surface area contributed by atoms with Crippen LogP contribution in [0.15, 0.2) is 42.5 Å². The summed E-state index contributed by atoms with van der Waals surface area (Å²) in [5.41, 5.74) is 0.580. The molecule has 126 valence electrons. The molecule has 24 heavy (non-hydrogen) atoms. The van der Waals surface area contributed by atoms with Crippen LogP contribution in [0.4, 0.5) is 4.39 Å². The zero-order chi connectivity index (χ0) is 17.9. The molecular formula is C17H14Cl2FNO3. The Morgan fingerprint density at radius 1 is 1.38 bits per heavy atom. The maximum absolute atomic E-state index is 13.8. The first-order chi connectivity index (χ1) is 11.2. The van der Waals surface area contributed by atoms with Gasteiger partial charge in [0.05, 0.1) is 0 Å². The fourth-order valence-electron chi connectivity index (χ4n) is 3.48. The van der Waals surface area contributed by atoms with Crippen LogP contribution in [0.2, 0.25) is 0 Å². The summed E-state index contributed by atoms with van der Waals surface area (Å²) in [6, 6.07) is 3.92. The van der Waals surface area contributed by atoms with Crippen molar-refractivity contribution >= 4 is 35.0 Å². The third-order valence-corrected chi connectivity index (χ3v) is 6.16. The maximum Gasteiger partial charge on any atom is 0.253 e. The highest BCUT2D eigenvalue weighted by atomic mass is 35.5. The molecule has 1 aliphatic heterocycles. The number of hydrogen-bond acceptors (Lipinski definition) is 3. The molecule has 3 atom stereocenters. The lowest BCUT2D eigenvalue weighted by Crippen LogP contribution is -2.54. The molecule has 0 unspecified atom stereocenters. The van der Waals surface area contributed by atoms with Gasteiger partial charge in [0, 0.05) is 18.5 Å². The van der Waals surface area contributed by atoms with E-state index in [-0.39, 0.29) is 12.0 Å². The average Bonchev–Trinajstić information content (AvgIpc) is 2.69. The van der Waals surface area contributed by atoms with E-state index in [9.17, 15) is 19.1 Å². The fourth-order valence-corrected chi connectivity index (χ4v) is 4.40. The normalized spacial score (nSPS) is 32.6. The zero-order valence-corrected chi connectivity index (χ0v) is 14.2. The monoisotopic (exact) mass is 369 g/mol. The Balaban J connectivity index is 2.33. The minimum absolute atomic E-state index is 0.0287. The number of likely N-dealkylation sites (tertiary alicyclic amines) is 1. The van der Waals surface area contributed by atoms with E-state index in [1.54, 1.807) is 6.08 Å². The number of alkyl halides is 2. The Morgan fingerprint density at radius 3 is 2.67 bits per heavy atom. The van der Waals surface area contributed by atoms with Gasteiger partial charge in [0.1, 0.15) is 0 Å². The van der Waals surface area contributed by atoms with Gasteiger partial charge in [-0.1, -0.05) is 30.9 Å². The molecule has 4 nitrogen and oxygen atoms in total. The summed E-state index contributed by atoms with van der Waals surface area (Å²) in [5.74, 6) is -3.81. The Morgan fingerprint density at radius 2 is 2.04 bits per heavy atom. The lowest BCUT2D eigenvalue weighted by molar-refractivity contribution is -0.137. The van der Waals surface area contributed by atoms with E-state index in [0.717, 1.165) is 11.0 Å². The van der Waals surface area contributed by atoms with Crippen molar-refractivity contribution in [2.75, 3.05) is 7.05 Å². The second-order valence-corrected chi connectivity index (χ2v) is 7.15. The SMILES string of the molecule is C=CC1=CC[C@@]2(Cl)C(=O)N(C)C(=O)[C@@]2(Cl)[C@H]1c1cccc(F)c1O. The number of amides is 2. The van der Waals surface area contributed by atoms with Gasteiger partial charge in [-0.2, -0.15) is 0 Å². The minimum atomic E-state index is -1.88. The third kappa shape index (κ3) is 1.85. The summed E-state index contributed by atoms with van der Waals surface area (Å²) < 4.78 is 13.8. The van der Waals surface area contributed by atoms with Crippen LogP contribution in [0.5, 0.6) is 5.75 Å². The highest BCUT2D eigenvalue weighted by molar-refractivity contribution is 6.53. The smallest absolute Gasteiger partial charge is 0.253 e. The molecule has 2 amide bonds. The number of imide groups is 1. The number of halogens is 3. The molecule has 2 aliphatic rings. The number of para-hydroxylation sites is 1. The molecule has 0 saturated carbocycles. The molecule has 1 saturated heterocycles. The second kappa shape index (κ2) is 5.33. The first kappa shape index (κ1) is 17.0. The molecule has 1 aliphatic carbocycles. The number of carbonyl (C=O) groups excluding carboxylic acids is 2. The largest absolute Gasteiger partial charge is 0.505 e. The number of rotatable bonds is 2. The Hall–Kier alpha value is -1.85. The number of phenols is 1. The van der Waals surface area contributed by atoms with E-state index in [0.29, 0.717) is 5.57 Å². The number of allylic oxidation sites excluding steroid dienone is 3. The number of benzene rings is 1. The van der Waals surface area contributed by atoms with Crippen molar-refractivity contribution < 1.29 is 19.1 Å². The van der Waals surface area contributed by atoms with Gasteiger partial charge < -0.3 is 5.11 Å². The number of hydrogen-bond donors (Lipinski definition) is 1. The highest BCUT2D eigenvalue weighted by Gasteiger charge is 2.72. The molecule has 1 aromatic rings. The Kier molecular flexibility index (Phi) is 3.77. The number of phenolic OH excluding ortho intramolecular Hbond substituents is 1. The van der Waals surface area contributed by atoms with Crippen LogP contribution in [0.25, 0.3) is 0 Å². The van der Waals surface area contributed by atoms with E-state index in [1.165, 1.54) is 25.3 Å². The Labute approximate surface area is 148 Å². The van der Waals surface area contributed by atoms with Crippen LogP contribution in [-0.4, -0.2) is 38.6 Å². The third-order valence-electron chi connectivity index (χ3n) is 4.75. The first-order valence-electron chi connectivity index (χ1n) is 7.20. The van der Waals surface area contributed by atoms with Gasteiger partial charge in [-0.25, -0.2) is 4.39 Å². The molecule has 1 heterocycles. The minimum Gasteiger partial charge on any atom is -0.505 e. The van der Waals surface area contributed by atoms with E-state index < -0.39 is 39.0 Å². The molecule has 1 fully saturated rings. The van der Waals surface area contributed by atoms with Crippen LogP contribution < -0.4 is 0 Å². The van der Waals surface area contributed by atoms with E-state index in [2.05, 4.69) is 6.58 Å². The quantitative estimate of drug-likeness (QED) is 0.643. The van der Waals surface area contributed by atoms with Crippen molar-refractivity contribution in [1.29, 1.82) is 0 Å². The van der Waals surface area contributed by atoms with Gasteiger partial charge in [-0.15, -0.1) is 23.2 Å². The van der Waals surface area contributed by atoms with Crippen LogP contribution in [0.3, 0.4) is 0 Å². The van der Waals surface area contributed by atoms with Gasteiger partial charge in [-0.05, 0) is 18.1 Å². The van der Waals surface area contributed by atoms with E-state index in [1.807, 2.05) is 0 Å². The molecule has 1 N–H and O–H groups in total. The van der Waals surface area contributed by atoms with Crippen LogP contribution >= 0.6 is 23.2 Å².